The largest absolute Gasteiger partial charge is 0.471 e. The van der Waals surface area contributed by atoms with Crippen molar-refractivity contribution in [3.05, 3.63) is 0 Å². The number of carbonyl (C=O) groups excluding carboxylic acids is 2. The van der Waals surface area contributed by atoms with Gasteiger partial charge in [-0.25, -0.2) is 0 Å². The number of alkyl halides is 6. The standard InChI is InChI=1S/C16H27F6N3O8P2/c1-30-16(31-2,34-28)25(13(27)15(20,21)22)10-6-9-24(11-35(29,32-3)33-4)8-5-7-23-12(26)14(17,18)19/h5-11H2,1-4H3,(H,23,26). The lowest BCUT2D eigenvalue weighted by molar-refractivity contribution is -0.250. The van der Waals surface area contributed by atoms with Crippen molar-refractivity contribution in [3.8, 4) is 0 Å². The van der Waals surface area contributed by atoms with Crippen LogP contribution in [0.1, 0.15) is 12.8 Å². The van der Waals surface area contributed by atoms with Crippen molar-refractivity contribution >= 4 is 27.9 Å². The molecule has 11 nitrogen and oxygen atoms in total. The zero-order chi connectivity index (χ0) is 27.5. The van der Waals surface area contributed by atoms with Gasteiger partial charge in [-0.15, -0.1) is 0 Å². The molecule has 0 unspecified atom stereocenters. The van der Waals surface area contributed by atoms with Crippen molar-refractivity contribution in [2.24, 2.45) is 0 Å². The molecule has 35 heavy (non-hydrogen) atoms. The topological polar surface area (TPSA) is 124 Å². The minimum atomic E-state index is -5.36. The lowest BCUT2D eigenvalue weighted by Gasteiger charge is -2.36. The molecule has 0 aliphatic carbocycles. The highest BCUT2D eigenvalue weighted by Crippen LogP contribution is 2.46. The number of nitrogens with zero attached hydrogens (tertiary/aromatic N) is 2. The summed E-state index contributed by atoms with van der Waals surface area (Å²) >= 11 is 0. The quantitative estimate of drug-likeness (QED) is 0.130. The third kappa shape index (κ3) is 10.7. The summed E-state index contributed by atoms with van der Waals surface area (Å²) in [5.74, 6) is -4.55. The first kappa shape index (κ1) is 33.7. The minimum absolute atomic E-state index is 0.0650. The van der Waals surface area contributed by atoms with Gasteiger partial charge in [-0.1, -0.05) is 0 Å². The fraction of sp³-hybridized carbons (Fsp3) is 0.875. The Labute approximate surface area is 199 Å². The molecule has 0 aliphatic heterocycles. The lowest BCUT2D eigenvalue weighted by atomic mass is 10.3. The molecule has 0 saturated carbocycles. The van der Waals surface area contributed by atoms with E-state index in [1.54, 1.807) is 5.32 Å². The van der Waals surface area contributed by atoms with Gasteiger partial charge in [0, 0.05) is 54.6 Å². The van der Waals surface area contributed by atoms with Gasteiger partial charge in [0.15, 0.2) is 0 Å². The number of methoxy groups -OCH3 is 2. The summed E-state index contributed by atoms with van der Waals surface area (Å²) in [4.78, 5) is 24.2. The summed E-state index contributed by atoms with van der Waals surface area (Å²) in [6.07, 6.45) is -11.1. The van der Waals surface area contributed by atoms with Crippen molar-refractivity contribution in [3.63, 3.8) is 0 Å². The molecule has 0 fully saturated rings. The molecule has 0 saturated heterocycles. The first-order valence-corrected chi connectivity index (χ1v) is 12.2. The van der Waals surface area contributed by atoms with Crippen LogP contribution in [0.5, 0.6) is 0 Å². The third-order valence-corrected chi connectivity index (χ3v) is 7.15. The van der Waals surface area contributed by atoms with Crippen molar-refractivity contribution in [1.29, 1.82) is 0 Å². The average Bonchev–Trinajstić information content (AvgIpc) is 2.79. The molecule has 0 spiro atoms. The Morgan fingerprint density at radius 1 is 0.886 bits per heavy atom. The maximum atomic E-state index is 13.1. The van der Waals surface area contributed by atoms with E-state index in [9.17, 15) is 45.1 Å². The molecule has 0 aromatic heterocycles. The first-order valence-electron chi connectivity index (χ1n) is 9.67. The van der Waals surface area contributed by atoms with Crippen LogP contribution in [0, 0.1) is 0 Å². The first-order chi connectivity index (χ1) is 16.1. The van der Waals surface area contributed by atoms with Gasteiger partial charge in [0.25, 0.3) is 0 Å². The fourth-order valence-electron chi connectivity index (χ4n) is 2.70. The molecule has 1 N–H and O–H groups in total. The smallest absolute Gasteiger partial charge is 0.348 e. The van der Waals surface area contributed by atoms with Gasteiger partial charge < -0.3 is 23.8 Å². The molecule has 0 aliphatic rings. The van der Waals surface area contributed by atoms with Crippen molar-refractivity contribution < 1.29 is 63.6 Å². The van der Waals surface area contributed by atoms with Crippen LogP contribution in [0.3, 0.4) is 0 Å². The molecular weight excluding hydrogens is 538 g/mol. The Morgan fingerprint density at radius 3 is 1.80 bits per heavy atom. The normalized spacial score (nSPS) is 13.3. The second-order valence-corrected chi connectivity index (χ2v) is 9.68. The van der Waals surface area contributed by atoms with Gasteiger partial charge in [-0.05, 0) is 12.8 Å². The zero-order valence-corrected chi connectivity index (χ0v) is 21.1. The van der Waals surface area contributed by atoms with Crippen molar-refractivity contribution in [2.45, 2.75) is 30.8 Å². The van der Waals surface area contributed by atoms with E-state index in [4.69, 9.17) is 18.5 Å². The number of nitrogens with one attached hydrogen (secondary N) is 1. The highest BCUT2D eigenvalue weighted by molar-refractivity contribution is 7.53. The van der Waals surface area contributed by atoms with Crippen LogP contribution in [-0.2, 0) is 37.2 Å². The van der Waals surface area contributed by atoms with Gasteiger partial charge in [0.1, 0.15) is 6.29 Å². The average molecular weight is 565 g/mol. The second-order valence-electron chi connectivity index (χ2n) is 6.70. The van der Waals surface area contributed by atoms with E-state index in [-0.39, 0.29) is 30.8 Å². The lowest BCUT2D eigenvalue weighted by Crippen LogP contribution is -2.55. The van der Waals surface area contributed by atoms with Gasteiger partial charge in [0.05, 0.1) is 0 Å². The van der Waals surface area contributed by atoms with Crippen LogP contribution < -0.4 is 5.32 Å². The Balaban J connectivity index is 5.46. The molecule has 2 amide bonds. The molecule has 0 aromatic rings. The Bertz CT molecular complexity index is 744. The van der Waals surface area contributed by atoms with Crippen molar-refractivity contribution in [2.75, 3.05) is 60.9 Å². The molecule has 0 heterocycles. The molecule has 0 atom stereocenters. The van der Waals surface area contributed by atoms with Crippen LogP contribution >= 0.6 is 16.1 Å². The van der Waals surface area contributed by atoms with E-state index < -0.39 is 65.3 Å². The molecule has 0 aromatic carbocycles. The number of hydrogen-bond acceptors (Lipinski definition) is 9. The summed E-state index contributed by atoms with van der Waals surface area (Å²) in [5, 5.41) is 1.65. The zero-order valence-electron chi connectivity index (χ0n) is 19.3. The number of carbonyl (C=O) groups is 2. The molecule has 0 bridgehead atoms. The maximum Gasteiger partial charge on any atom is 0.471 e. The van der Waals surface area contributed by atoms with E-state index in [0.29, 0.717) is 0 Å². The Hall–Kier alpha value is -1.35. The van der Waals surface area contributed by atoms with Gasteiger partial charge >= 0.3 is 37.4 Å². The van der Waals surface area contributed by atoms with E-state index in [0.717, 1.165) is 28.4 Å². The van der Waals surface area contributed by atoms with Crippen LogP contribution in [-0.4, -0.2) is 101 Å². The predicted octanol–water partition coefficient (Wildman–Crippen LogP) is 2.78. The number of ether oxygens (including phenoxy) is 2. The minimum Gasteiger partial charge on any atom is -0.348 e. The third-order valence-electron chi connectivity index (χ3n) is 4.46. The number of halogens is 6. The molecular formula is C16H27F6N3O8P2. The summed E-state index contributed by atoms with van der Waals surface area (Å²) < 4.78 is 119. The highest BCUT2D eigenvalue weighted by atomic mass is 31.2. The van der Waals surface area contributed by atoms with Crippen LogP contribution in [0.15, 0.2) is 0 Å². The molecule has 19 heteroatoms. The van der Waals surface area contributed by atoms with E-state index in [2.05, 4.69) is 0 Å². The molecule has 0 rings (SSSR count). The molecule has 0 radical (unpaired) electrons. The molecule has 206 valence electrons. The van der Waals surface area contributed by atoms with Crippen LogP contribution in [0.2, 0.25) is 0 Å². The summed E-state index contributed by atoms with van der Waals surface area (Å²) in [6.45, 7) is -1.35. The summed E-state index contributed by atoms with van der Waals surface area (Å²) in [7, 11) is -0.893. The summed E-state index contributed by atoms with van der Waals surface area (Å²) in [6, 6.07) is 0. The van der Waals surface area contributed by atoms with Gasteiger partial charge in [-0.3, -0.25) is 28.5 Å². The highest BCUT2D eigenvalue weighted by Gasteiger charge is 2.52. The van der Waals surface area contributed by atoms with Crippen LogP contribution in [0.4, 0.5) is 26.3 Å². The van der Waals surface area contributed by atoms with E-state index >= 15 is 0 Å². The van der Waals surface area contributed by atoms with E-state index in [1.165, 1.54) is 4.90 Å². The van der Waals surface area contributed by atoms with Gasteiger partial charge in [0.2, 0.25) is 8.46 Å². The maximum absolute atomic E-state index is 13.1. The van der Waals surface area contributed by atoms with E-state index in [1.807, 2.05) is 0 Å². The number of rotatable bonds is 16. The predicted molar refractivity (Wildman–Crippen MR) is 108 cm³/mol. The van der Waals surface area contributed by atoms with Gasteiger partial charge in [-0.2, -0.15) is 26.3 Å². The Kier molecular flexibility index (Phi) is 13.8. The SMILES string of the molecule is COC(OC)(P=O)N(CCCN(CCCNC(=O)C(F)(F)F)CP(=O)(OC)OC)C(=O)C(F)(F)F. The van der Waals surface area contributed by atoms with Crippen LogP contribution in [0.25, 0.3) is 0 Å². The summed E-state index contributed by atoms with van der Waals surface area (Å²) in [5.41, 5.74) is -2.58. The Morgan fingerprint density at radius 2 is 1.40 bits per heavy atom. The number of hydrogen-bond donors (Lipinski definition) is 1. The van der Waals surface area contributed by atoms with Crippen molar-refractivity contribution in [1.82, 2.24) is 15.1 Å². The number of amides is 2. The second kappa shape index (κ2) is 14.4. The monoisotopic (exact) mass is 565 g/mol. The fourth-order valence-corrected chi connectivity index (χ4v) is 4.29.